The second kappa shape index (κ2) is 7.96. The summed E-state index contributed by atoms with van der Waals surface area (Å²) in [5.74, 6) is 0.241. The van der Waals surface area contributed by atoms with Gasteiger partial charge in [0.25, 0.3) is 0 Å². The molecule has 0 radical (unpaired) electrons. The van der Waals surface area contributed by atoms with Gasteiger partial charge in [-0.15, -0.1) is 0 Å². The summed E-state index contributed by atoms with van der Waals surface area (Å²) in [7, 11) is 0. The van der Waals surface area contributed by atoms with Crippen LogP contribution in [0.1, 0.15) is 17.8 Å². The summed E-state index contributed by atoms with van der Waals surface area (Å²) in [5, 5.41) is 12.1. The molecule has 2 aromatic heterocycles. The third-order valence-electron chi connectivity index (χ3n) is 5.15. The summed E-state index contributed by atoms with van der Waals surface area (Å²) in [6.45, 7) is 7.99. The number of piperazine rings is 1. The Kier molecular flexibility index (Phi) is 5.26. The van der Waals surface area contributed by atoms with E-state index < -0.39 is 0 Å². The predicted molar refractivity (Wildman–Crippen MR) is 95.3 cm³/mol. The molecule has 0 aromatic carbocycles. The van der Waals surface area contributed by atoms with Crippen LogP contribution in [0, 0.1) is 0 Å². The monoisotopic (exact) mass is 358 g/mol. The standard InChI is InChI=1S/C17H26N8O/c26-17(2-1-15-11-16-12-18-3-4-25(16)21-15)23-8-5-22(6-9-23)7-10-24-14-19-13-20-24/h11,13-14,18H,1-10,12H2. The van der Waals surface area contributed by atoms with Crippen LogP contribution >= 0.6 is 0 Å². The number of carbonyl (C=O) groups excluding carboxylic acids is 1. The first-order valence-electron chi connectivity index (χ1n) is 9.37. The van der Waals surface area contributed by atoms with Gasteiger partial charge in [-0.3, -0.25) is 19.1 Å². The van der Waals surface area contributed by atoms with E-state index in [0.29, 0.717) is 6.42 Å². The molecule has 1 fully saturated rings. The minimum atomic E-state index is 0.241. The fraction of sp³-hybridized carbons (Fsp3) is 0.647. The first kappa shape index (κ1) is 17.2. The van der Waals surface area contributed by atoms with Gasteiger partial charge in [0.1, 0.15) is 12.7 Å². The Balaban J connectivity index is 1.19. The summed E-state index contributed by atoms with van der Waals surface area (Å²) in [6.07, 6.45) is 4.57. The zero-order chi connectivity index (χ0) is 17.8. The summed E-state index contributed by atoms with van der Waals surface area (Å²) in [4.78, 5) is 20.8. The Labute approximate surface area is 153 Å². The molecule has 2 aromatic rings. The van der Waals surface area contributed by atoms with E-state index in [9.17, 15) is 4.79 Å². The van der Waals surface area contributed by atoms with Gasteiger partial charge in [0.15, 0.2) is 0 Å². The molecule has 9 heteroatoms. The highest BCUT2D eigenvalue weighted by Crippen LogP contribution is 2.11. The third-order valence-corrected chi connectivity index (χ3v) is 5.15. The Bertz CT molecular complexity index is 694. The second-order valence-electron chi connectivity index (χ2n) is 6.91. The average molecular weight is 358 g/mol. The molecule has 1 amide bonds. The maximum atomic E-state index is 12.5. The van der Waals surface area contributed by atoms with E-state index in [4.69, 9.17) is 0 Å². The number of aromatic nitrogens is 5. The number of aryl methyl sites for hydroxylation is 1. The molecule has 0 spiro atoms. The van der Waals surface area contributed by atoms with E-state index in [0.717, 1.165) is 71.0 Å². The smallest absolute Gasteiger partial charge is 0.223 e. The van der Waals surface area contributed by atoms with Crippen LogP contribution in [0.15, 0.2) is 18.7 Å². The van der Waals surface area contributed by atoms with Gasteiger partial charge in [0.2, 0.25) is 5.91 Å². The van der Waals surface area contributed by atoms with Gasteiger partial charge in [0, 0.05) is 58.7 Å². The van der Waals surface area contributed by atoms with Crippen LogP contribution in [-0.4, -0.2) is 79.5 Å². The SMILES string of the molecule is O=C(CCc1cc2n(n1)CCNC2)N1CCN(CCn2cncn2)CC1. The predicted octanol–water partition coefficient (Wildman–Crippen LogP) is -0.645. The van der Waals surface area contributed by atoms with Crippen molar-refractivity contribution >= 4 is 5.91 Å². The first-order valence-corrected chi connectivity index (χ1v) is 9.37. The lowest BCUT2D eigenvalue weighted by Gasteiger charge is -2.34. The molecule has 26 heavy (non-hydrogen) atoms. The molecule has 4 rings (SSSR count). The molecule has 0 unspecified atom stereocenters. The summed E-state index contributed by atoms with van der Waals surface area (Å²) >= 11 is 0. The van der Waals surface area contributed by atoms with Crippen molar-refractivity contribution in [2.75, 3.05) is 39.3 Å². The largest absolute Gasteiger partial charge is 0.340 e. The van der Waals surface area contributed by atoms with E-state index in [2.05, 4.69) is 36.1 Å². The number of fused-ring (bicyclic) bond motifs is 1. The summed E-state index contributed by atoms with van der Waals surface area (Å²) in [6, 6.07) is 2.13. The van der Waals surface area contributed by atoms with Gasteiger partial charge >= 0.3 is 0 Å². The lowest BCUT2D eigenvalue weighted by molar-refractivity contribution is -0.132. The van der Waals surface area contributed by atoms with E-state index >= 15 is 0 Å². The van der Waals surface area contributed by atoms with Crippen LogP contribution in [0.2, 0.25) is 0 Å². The van der Waals surface area contributed by atoms with Crippen LogP contribution in [0.3, 0.4) is 0 Å². The quantitative estimate of drug-likeness (QED) is 0.739. The van der Waals surface area contributed by atoms with Crippen molar-refractivity contribution in [1.82, 2.24) is 39.7 Å². The van der Waals surface area contributed by atoms with E-state index in [1.165, 1.54) is 5.69 Å². The molecule has 0 aliphatic carbocycles. The number of hydrogen-bond donors (Lipinski definition) is 1. The highest BCUT2D eigenvalue weighted by molar-refractivity contribution is 5.76. The van der Waals surface area contributed by atoms with Crippen molar-refractivity contribution in [2.45, 2.75) is 32.5 Å². The lowest BCUT2D eigenvalue weighted by atomic mass is 10.2. The van der Waals surface area contributed by atoms with Crippen molar-refractivity contribution in [3.8, 4) is 0 Å². The van der Waals surface area contributed by atoms with Crippen molar-refractivity contribution < 1.29 is 4.79 Å². The molecule has 1 N–H and O–H groups in total. The van der Waals surface area contributed by atoms with Gasteiger partial charge in [-0.1, -0.05) is 0 Å². The van der Waals surface area contributed by atoms with Gasteiger partial charge in [0.05, 0.1) is 24.5 Å². The van der Waals surface area contributed by atoms with Gasteiger partial charge in [-0.05, 0) is 6.07 Å². The average Bonchev–Trinajstić information content (AvgIpc) is 3.34. The van der Waals surface area contributed by atoms with Gasteiger partial charge in [-0.25, -0.2) is 4.98 Å². The maximum Gasteiger partial charge on any atom is 0.223 e. The van der Waals surface area contributed by atoms with Crippen molar-refractivity contribution in [2.24, 2.45) is 0 Å². The molecule has 1 saturated heterocycles. The maximum absolute atomic E-state index is 12.5. The molecular formula is C17H26N8O. The van der Waals surface area contributed by atoms with E-state index in [-0.39, 0.29) is 5.91 Å². The Morgan fingerprint density at radius 3 is 2.81 bits per heavy atom. The Morgan fingerprint density at radius 1 is 1.15 bits per heavy atom. The zero-order valence-electron chi connectivity index (χ0n) is 15.0. The molecule has 0 atom stereocenters. The van der Waals surface area contributed by atoms with Crippen LogP contribution in [0.5, 0.6) is 0 Å². The van der Waals surface area contributed by atoms with Crippen molar-refractivity contribution in [3.05, 3.63) is 30.1 Å². The number of nitrogens with zero attached hydrogens (tertiary/aromatic N) is 7. The summed E-state index contributed by atoms with van der Waals surface area (Å²) in [5.41, 5.74) is 2.25. The molecule has 2 aliphatic heterocycles. The molecule has 0 saturated carbocycles. The molecule has 9 nitrogen and oxygen atoms in total. The fourth-order valence-electron chi connectivity index (χ4n) is 3.58. The number of nitrogens with one attached hydrogen (secondary N) is 1. The minimum Gasteiger partial charge on any atom is -0.340 e. The minimum absolute atomic E-state index is 0.241. The molecule has 4 heterocycles. The number of amides is 1. The van der Waals surface area contributed by atoms with Crippen molar-refractivity contribution in [3.63, 3.8) is 0 Å². The number of hydrogen-bond acceptors (Lipinski definition) is 6. The fourth-order valence-corrected chi connectivity index (χ4v) is 3.58. The molecule has 2 aliphatic rings. The molecular weight excluding hydrogens is 332 g/mol. The van der Waals surface area contributed by atoms with Crippen LogP contribution in [0.25, 0.3) is 0 Å². The van der Waals surface area contributed by atoms with Gasteiger partial charge in [-0.2, -0.15) is 10.2 Å². The normalized spacial score (nSPS) is 18.1. The lowest BCUT2D eigenvalue weighted by Crippen LogP contribution is -2.49. The first-order chi connectivity index (χ1) is 12.8. The molecule has 140 valence electrons. The third kappa shape index (κ3) is 4.10. The van der Waals surface area contributed by atoms with Gasteiger partial charge < -0.3 is 10.2 Å². The van der Waals surface area contributed by atoms with Crippen LogP contribution in [0.4, 0.5) is 0 Å². The number of carbonyl (C=O) groups is 1. The number of rotatable bonds is 6. The van der Waals surface area contributed by atoms with E-state index in [1.54, 1.807) is 12.7 Å². The Hall–Kier alpha value is -2.26. The van der Waals surface area contributed by atoms with E-state index in [1.807, 2.05) is 9.58 Å². The topological polar surface area (TPSA) is 84.1 Å². The second-order valence-corrected chi connectivity index (χ2v) is 6.91. The zero-order valence-corrected chi connectivity index (χ0v) is 15.0. The summed E-state index contributed by atoms with van der Waals surface area (Å²) < 4.78 is 3.90. The van der Waals surface area contributed by atoms with Crippen molar-refractivity contribution in [1.29, 1.82) is 0 Å². The molecule has 0 bridgehead atoms. The Morgan fingerprint density at radius 2 is 2.04 bits per heavy atom. The highest BCUT2D eigenvalue weighted by Gasteiger charge is 2.21. The van der Waals surface area contributed by atoms with Crippen LogP contribution in [-0.2, 0) is 30.8 Å². The van der Waals surface area contributed by atoms with Crippen LogP contribution < -0.4 is 5.32 Å². The highest BCUT2D eigenvalue weighted by atomic mass is 16.2.